The minimum absolute atomic E-state index is 0.389. The molecule has 2 aromatic carbocycles. The Morgan fingerprint density at radius 2 is 0.707 bits per heavy atom. The molecule has 0 aromatic heterocycles. The molecule has 6 heteroatoms. The molecule has 41 heavy (non-hydrogen) atoms. The van der Waals surface area contributed by atoms with Crippen molar-refractivity contribution in [3.05, 3.63) is 57.6 Å². The highest BCUT2D eigenvalue weighted by molar-refractivity contribution is 5.53. The first-order valence-electron chi connectivity index (χ1n) is 14.6. The highest BCUT2D eigenvalue weighted by atomic mass is 16.8. The number of hydrogen-bond acceptors (Lipinski definition) is 6. The van der Waals surface area contributed by atoms with Crippen LogP contribution in [0, 0.1) is 19.3 Å². The van der Waals surface area contributed by atoms with E-state index in [4.69, 9.17) is 9.47 Å². The Balaban J connectivity index is 3.09. The van der Waals surface area contributed by atoms with Gasteiger partial charge in [-0.05, 0) is 35.5 Å². The lowest BCUT2D eigenvalue weighted by Gasteiger charge is -2.45. The first kappa shape index (κ1) is 35.1. The van der Waals surface area contributed by atoms with Gasteiger partial charge >= 0.3 is 5.97 Å². The van der Waals surface area contributed by atoms with Gasteiger partial charge in [0.15, 0.2) is 0 Å². The van der Waals surface area contributed by atoms with Gasteiger partial charge in [-0.1, -0.05) is 118 Å². The van der Waals surface area contributed by atoms with Crippen molar-refractivity contribution in [2.75, 3.05) is 19.8 Å². The molecule has 0 spiro atoms. The quantitative estimate of drug-likeness (QED) is 0.267. The Kier molecular flexibility index (Phi) is 9.85. The predicted molar refractivity (Wildman–Crippen MR) is 167 cm³/mol. The molecule has 0 aliphatic carbocycles. The Bertz CT molecular complexity index is 1050. The summed E-state index contributed by atoms with van der Waals surface area (Å²) in [7, 11) is 0. The summed E-state index contributed by atoms with van der Waals surface area (Å²) in [6.45, 7) is 26.4. The zero-order valence-electron chi connectivity index (χ0n) is 28.0. The average Bonchev–Trinajstić information content (AvgIpc) is 2.79. The van der Waals surface area contributed by atoms with Crippen LogP contribution >= 0.6 is 0 Å². The van der Waals surface area contributed by atoms with E-state index in [0.29, 0.717) is 11.5 Å². The second-order valence-electron chi connectivity index (χ2n) is 15.9. The Morgan fingerprint density at radius 3 is 0.878 bits per heavy atom. The molecule has 232 valence electrons. The third-order valence-corrected chi connectivity index (χ3v) is 7.76. The third kappa shape index (κ3) is 7.27. The van der Waals surface area contributed by atoms with Crippen LogP contribution in [0.2, 0.25) is 0 Å². The number of hydrogen-bond donors (Lipinski definition) is 4. The number of ether oxygens (including phenoxy) is 2. The van der Waals surface area contributed by atoms with Crippen LogP contribution in [0.4, 0.5) is 0 Å². The predicted octanol–water partition coefficient (Wildman–Crippen LogP) is 6.56. The van der Waals surface area contributed by atoms with Crippen LogP contribution in [-0.4, -0.2) is 46.2 Å². The second kappa shape index (κ2) is 11.5. The first-order chi connectivity index (χ1) is 18.4. The zero-order chi connectivity index (χ0) is 32.0. The molecule has 0 radical (unpaired) electrons. The Hall–Kier alpha value is -2.12. The zero-order valence-corrected chi connectivity index (χ0v) is 28.0. The minimum atomic E-state index is -2.66. The fourth-order valence-corrected chi connectivity index (χ4v) is 4.96. The molecule has 0 saturated heterocycles. The molecule has 2 rings (SSSR count). The molecule has 0 saturated carbocycles. The molecule has 0 aliphatic rings. The van der Waals surface area contributed by atoms with E-state index in [0.717, 1.165) is 33.4 Å². The van der Waals surface area contributed by atoms with Crippen molar-refractivity contribution in [3.63, 3.8) is 0 Å². The number of aliphatic hydroxyl groups is 4. The lowest BCUT2D eigenvalue weighted by atomic mass is 9.78. The molecule has 0 atom stereocenters. The van der Waals surface area contributed by atoms with Crippen molar-refractivity contribution in [2.45, 2.75) is 125 Å². The van der Waals surface area contributed by atoms with E-state index >= 15 is 0 Å². The van der Waals surface area contributed by atoms with Crippen LogP contribution in [0.5, 0.6) is 11.5 Å². The molecule has 6 nitrogen and oxygen atoms in total. The van der Waals surface area contributed by atoms with Crippen molar-refractivity contribution in [1.82, 2.24) is 0 Å². The highest BCUT2D eigenvalue weighted by Crippen LogP contribution is 2.48. The maximum Gasteiger partial charge on any atom is 0.382 e. The summed E-state index contributed by atoms with van der Waals surface area (Å²) in [5.41, 5.74) is 1.89. The van der Waals surface area contributed by atoms with Crippen molar-refractivity contribution >= 4 is 0 Å². The van der Waals surface area contributed by atoms with Crippen molar-refractivity contribution in [2.24, 2.45) is 5.41 Å². The molecule has 0 unspecified atom stereocenters. The minimum Gasteiger partial charge on any atom is -0.429 e. The lowest BCUT2D eigenvalue weighted by Crippen LogP contribution is -2.63. The summed E-state index contributed by atoms with van der Waals surface area (Å²) >= 11 is 0. The van der Waals surface area contributed by atoms with E-state index in [9.17, 15) is 20.4 Å². The summed E-state index contributed by atoms with van der Waals surface area (Å²) in [5.74, 6) is -1.85. The smallest absolute Gasteiger partial charge is 0.382 e. The Morgan fingerprint density at radius 1 is 0.488 bits per heavy atom. The topological polar surface area (TPSA) is 99.4 Å². The summed E-state index contributed by atoms with van der Waals surface area (Å²) in [5, 5.41) is 44.5. The standard InChI is InChI=1S/C35H56O6/c1-22-15-24(30(3,4)5)28(25(16-22)31(6,7)8)40-35(39,34(19-36,20-37)21-38)41-29-26(32(9,10)11)17-23(2)18-27(29)33(12,13)14/h15-18,36-39H,19-21H2,1-14H3. The van der Waals surface area contributed by atoms with Gasteiger partial charge in [0.05, 0.1) is 19.8 Å². The van der Waals surface area contributed by atoms with E-state index in [1.807, 2.05) is 38.1 Å². The van der Waals surface area contributed by atoms with Gasteiger partial charge in [-0.3, -0.25) is 0 Å². The van der Waals surface area contributed by atoms with Crippen LogP contribution in [0.15, 0.2) is 24.3 Å². The van der Waals surface area contributed by atoms with Crippen molar-refractivity contribution in [1.29, 1.82) is 0 Å². The summed E-state index contributed by atoms with van der Waals surface area (Å²) in [6, 6.07) is 8.10. The van der Waals surface area contributed by atoms with Crippen molar-refractivity contribution < 1.29 is 29.9 Å². The summed E-state index contributed by atoms with van der Waals surface area (Å²) < 4.78 is 13.3. The monoisotopic (exact) mass is 572 g/mol. The van der Waals surface area contributed by atoms with Crippen LogP contribution in [0.25, 0.3) is 0 Å². The molecule has 2 aromatic rings. The molecule has 4 N–H and O–H groups in total. The van der Waals surface area contributed by atoms with Crippen molar-refractivity contribution in [3.8, 4) is 11.5 Å². The Labute approximate surface area is 248 Å². The largest absolute Gasteiger partial charge is 0.429 e. The van der Waals surface area contributed by atoms with E-state index in [1.54, 1.807) is 0 Å². The van der Waals surface area contributed by atoms with Crippen LogP contribution in [-0.2, 0) is 21.7 Å². The van der Waals surface area contributed by atoms with Gasteiger partial charge in [-0.2, -0.15) is 0 Å². The van der Waals surface area contributed by atoms with E-state index < -0.39 is 31.2 Å². The van der Waals surface area contributed by atoms with E-state index in [-0.39, 0.29) is 21.7 Å². The first-order valence-corrected chi connectivity index (χ1v) is 14.6. The van der Waals surface area contributed by atoms with Gasteiger partial charge in [0.25, 0.3) is 0 Å². The van der Waals surface area contributed by atoms with Gasteiger partial charge in [-0.25, -0.2) is 0 Å². The van der Waals surface area contributed by atoms with Gasteiger partial charge in [0, 0.05) is 22.3 Å². The molecule has 0 amide bonds. The van der Waals surface area contributed by atoms with Gasteiger partial charge in [0.1, 0.15) is 16.9 Å². The molecule has 0 aliphatic heterocycles. The number of aryl methyl sites for hydroxylation is 2. The van der Waals surface area contributed by atoms with E-state index in [1.165, 1.54) is 0 Å². The fourth-order valence-electron chi connectivity index (χ4n) is 4.96. The number of rotatable bonds is 8. The average molecular weight is 573 g/mol. The number of aliphatic hydroxyl groups excluding tert-OH is 3. The van der Waals surface area contributed by atoms with E-state index in [2.05, 4.69) is 83.1 Å². The van der Waals surface area contributed by atoms with Crippen LogP contribution < -0.4 is 9.47 Å². The lowest BCUT2D eigenvalue weighted by molar-refractivity contribution is -0.358. The van der Waals surface area contributed by atoms with Gasteiger partial charge < -0.3 is 29.9 Å². The normalized spacial score (nSPS) is 13.9. The van der Waals surface area contributed by atoms with Gasteiger partial charge in [-0.15, -0.1) is 0 Å². The molecular weight excluding hydrogens is 516 g/mol. The maximum absolute atomic E-state index is 12.6. The summed E-state index contributed by atoms with van der Waals surface area (Å²) in [4.78, 5) is 0. The fraction of sp³-hybridized carbons (Fsp3) is 0.657. The molecular formula is C35H56O6. The van der Waals surface area contributed by atoms with Crippen LogP contribution in [0.1, 0.15) is 116 Å². The SMILES string of the molecule is Cc1cc(C(C)(C)C)c(OC(O)(Oc2c(C(C)(C)C)cc(C)cc2C(C)(C)C)C(CO)(CO)CO)c(C(C)(C)C)c1. The van der Waals surface area contributed by atoms with Crippen LogP contribution in [0.3, 0.4) is 0 Å². The number of benzene rings is 2. The summed E-state index contributed by atoms with van der Waals surface area (Å²) in [6.07, 6.45) is 0. The maximum atomic E-state index is 12.6. The molecule has 0 heterocycles. The van der Waals surface area contributed by atoms with Gasteiger partial charge in [0.2, 0.25) is 0 Å². The molecule has 0 fully saturated rings. The molecule has 0 bridgehead atoms. The third-order valence-electron chi connectivity index (χ3n) is 7.76. The highest BCUT2D eigenvalue weighted by Gasteiger charge is 2.57. The second-order valence-corrected chi connectivity index (χ2v) is 15.9.